The Morgan fingerprint density at radius 3 is 2.61 bits per heavy atom. The summed E-state index contributed by atoms with van der Waals surface area (Å²) in [4.78, 5) is 25.0. The van der Waals surface area contributed by atoms with E-state index in [0.29, 0.717) is 21.3 Å². The van der Waals surface area contributed by atoms with Crippen LogP contribution in [0.25, 0.3) is 0 Å². The monoisotopic (exact) mass is 352 g/mol. The largest absolute Gasteiger partial charge is 0.465 e. The Kier molecular flexibility index (Phi) is 5.63. The summed E-state index contributed by atoms with van der Waals surface area (Å²) in [5.41, 5.74) is 1.90. The van der Waals surface area contributed by atoms with Gasteiger partial charge in [0, 0.05) is 4.88 Å². The fourth-order valence-electron chi connectivity index (χ4n) is 2.01. The van der Waals surface area contributed by atoms with E-state index >= 15 is 0 Å². The number of nitrogens with one attached hydrogen (secondary N) is 2. The topological polar surface area (TPSA) is 67.4 Å². The molecule has 7 heteroatoms. The van der Waals surface area contributed by atoms with Gasteiger partial charge >= 0.3 is 5.97 Å². The van der Waals surface area contributed by atoms with E-state index in [9.17, 15) is 9.59 Å². The van der Waals surface area contributed by atoms with E-state index in [2.05, 4.69) is 10.6 Å². The van der Waals surface area contributed by atoms with Gasteiger partial charge in [0.25, 0.3) is 0 Å². The smallest absolute Gasteiger partial charge is 0.341 e. The number of amides is 1. The lowest BCUT2D eigenvalue weighted by Crippen LogP contribution is -2.22. The maximum Gasteiger partial charge on any atom is 0.341 e. The Balaban J connectivity index is 2.08. The summed E-state index contributed by atoms with van der Waals surface area (Å²) < 4.78 is 4.78. The normalized spacial score (nSPS) is 10.3. The zero-order valence-corrected chi connectivity index (χ0v) is 14.6. The number of anilines is 2. The molecule has 2 rings (SSSR count). The number of thiophene rings is 1. The van der Waals surface area contributed by atoms with Crippen molar-refractivity contribution >= 4 is 45.5 Å². The maximum absolute atomic E-state index is 12.1. The van der Waals surface area contributed by atoms with E-state index in [1.165, 1.54) is 18.4 Å². The van der Waals surface area contributed by atoms with E-state index in [1.54, 1.807) is 12.1 Å². The summed E-state index contributed by atoms with van der Waals surface area (Å²) in [6, 6.07) is 7.17. The number of aryl methyl sites for hydroxylation is 1. The molecule has 0 radical (unpaired) electrons. The van der Waals surface area contributed by atoms with Gasteiger partial charge in [-0.05, 0) is 31.5 Å². The Morgan fingerprint density at radius 2 is 1.96 bits per heavy atom. The highest BCUT2D eigenvalue weighted by atomic mass is 35.5. The highest BCUT2D eigenvalue weighted by molar-refractivity contribution is 7.16. The van der Waals surface area contributed by atoms with Gasteiger partial charge in [0.1, 0.15) is 5.00 Å². The third kappa shape index (κ3) is 4.03. The second-order valence-corrected chi connectivity index (χ2v) is 6.49. The standard InChI is InChI=1S/C16H17ClN2O3S/c1-9-10(2)23-15(14(9)16(21)22-3)19-13(20)8-18-12-7-5-4-6-11(12)17/h4-7,18H,8H2,1-3H3,(H,19,20). The fourth-order valence-corrected chi connectivity index (χ4v) is 3.28. The summed E-state index contributed by atoms with van der Waals surface area (Å²) in [7, 11) is 1.32. The fraction of sp³-hybridized carbons (Fsp3) is 0.250. The molecule has 0 saturated heterocycles. The van der Waals surface area contributed by atoms with Gasteiger partial charge < -0.3 is 15.4 Å². The number of methoxy groups -OCH3 is 1. The number of hydrogen-bond donors (Lipinski definition) is 2. The molecular weight excluding hydrogens is 336 g/mol. The third-order valence-electron chi connectivity index (χ3n) is 3.34. The van der Waals surface area contributed by atoms with Crippen LogP contribution in [-0.2, 0) is 9.53 Å². The van der Waals surface area contributed by atoms with Crippen LogP contribution in [0.1, 0.15) is 20.8 Å². The number of esters is 1. The SMILES string of the molecule is COC(=O)c1c(NC(=O)CNc2ccccc2Cl)sc(C)c1C. The molecule has 1 amide bonds. The zero-order chi connectivity index (χ0) is 17.0. The third-order valence-corrected chi connectivity index (χ3v) is 4.79. The van der Waals surface area contributed by atoms with Gasteiger partial charge in [0.15, 0.2) is 0 Å². The van der Waals surface area contributed by atoms with Crippen LogP contribution in [0.4, 0.5) is 10.7 Å². The molecule has 1 aromatic carbocycles. The van der Waals surface area contributed by atoms with Crippen molar-refractivity contribution in [2.45, 2.75) is 13.8 Å². The van der Waals surface area contributed by atoms with Crippen LogP contribution < -0.4 is 10.6 Å². The molecule has 0 bridgehead atoms. The number of rotatable bonds is 5. The lowest BCUT2D eigenvalue weighted by atomic mass is 10.1. The first-order valence-electron chi connectivity index (χ1n) is 6.90. The van der Waals surface area contributed by atoms with Crippen LogP contribution in [0.5, 0.6) is 0 Å². The van der Waals surface area contributed by atoms with E-state index in [1.807, 2.05) is 26.0 Å². The molecular formula is C16H17ClN2O3S. The van der Waals surface area contributed by atoms with Crippen molar-refractivity contribution in [3.8, 4) is 0 Å². The van der Waals surface area contributed by atoms with Crippen molar-refractivity contribution in [2.75, 3.05) is 24.3 Å². The van der Waals surface area contributed by atoms with Crippen molar-refractivity contribution in [1.82, 2.24) is 0 Å². The Labute approximate surface area is 143 Å². The molecule has 0 aliphatic carbocycles. The molecule has 0 unspecified atom stereocenters. The maximum atomic E-state index is 12.1. The minimum absolute atomic E-state index is 0.0420. The highest BCUT2D eigenvalue weighted by Gasteiger charge is 2.21. The second-order valence-electron chi connectivity index (χ2n) is 4.86. The van der Waals surface area contributed by atoms with Crippen molar-refractivity contribution in [3.05, 3.63) is 45.3 Å². The number of benzene rings is 1. The van der Waals surface area contributed by atoms with Crippen molar-refractivity contribution in [2.24, 2.45) is 0 Å². The molecule has 2 aromatic rings. The van der Waals surface area contributed by atoms with E-state index in [4.69, 9.17) is 16.3 Å². The van der Waals surface area contributed by atoms with Gasteiger partial charge in [-0.1, -0.05) is 23.7 Å². The summed E-state index contributed by atoms with van der Waals surface area (Å²) >= 11 is 7.38. The molecule has 1 aromatic heterocycles. The van der Waals surface area contributed by atoms with Gasteiger partial charge in [0.05, 0.1) is 29.9 Å². The molecule has 122 valence electrons. The van der Waals surface area contributed by atoms with Gasteiger partial charge in [-0.2, -0.15) is 0 Å². The number of ether oxygens (including phenoxy) is 1. The van der Waals surface area contributed by atoms with Gasteiger partial charge in [-0.15, -0.1) is 11.3 Å². The highest BCUT2D eigenvalue weighted by Crippen LogP contribution is 2.32. The first-order valence-corrected chi connectivity index (χ1v) is 8.10. The number of carbonyl (C=O) groups excluding carboxylic acids is 2. The number of carbonyl (C=O) groups is 2. The van der Waals surface area contributed by atoms with Crippen LogP contribution in [0.15, 0.2) is 24.3 Å². The number of halogens is 1. The average molecular weight is 353 g/mol. The molecule has 0 spiro atoms. The summed E-state index contributed by atoms with van der Waals surface area (Å²) in [6.07, 6.45) is 0. The minimum Gasteiger partial charge on any atom is -0.465 e. The number of hydrogen-bond acceptors (Lipinski definition) is 5. The molecule has 0 aliphatic rings. The molecule has 2 N–H and O–H groups in total. The molecule has 0 fully saturated rings. The molecule has 0 aliphatic heterocycles. The first-order chi connectivity index (χ1) is 10.9. The van der Waals surface area contributed by atoms with Crippen LogP contribution in [0, 0.1) is 13.8 Å². The minimum atomic E-state index is -0.457. The molecule has 23 heavy (non-hydrogen) atoms. The molecule has 0 atom stereocenters. The van der Waals surface area contributed by atoms with Crippen LogP contribution in [-0.4, -0.2) is 25.5 Å². The van der Waals surface area contributed by atoms with Crippen LogP contribution in [0.3, 0.4) is 0 Å². The Morgan fingerprint density at radius 1 is 1.26 bits per heavy atom. The Hall–Kier alpha value is -2.05. The van der Waals surface area contributed by atoms with Gasteiger partial charge in [-0.25, -0.2) is 4.79 Å². The van der Waals surface area contributed by atoms with Gasteiger partial charge in [-0.3, -0.25) is 4.79 Å². The summed E-state index contributed by atoms with van der Waals surface area (Å²) in [5.74, 6) is -0.725. The number of para-hydroxylation sites is 1. The Bertz CT molecular complexity index is 743. The van der Waals surface area contributed by atoms with Crippen LogP contribution >= 0.6 is 22.9 Å². The molecule has 5 nitrogen and oxygen atoms in total. The first kappa shape index (κ1) is 17.3. The van der Waals surface area contributed by atoms with Crippen molar-refractivity contribution in [3.63, 3.8) is 0 Å². The van der Waals surface area contributed by atoms with Crippen molar-refractivity contribution in [1.29, 1.82) is 0 Å². The van der Waals surface area contributed by atoms with E-state index < -0.39 is 5.97 Å². The van der Waals surface area contributed by atoms with Crippen LogP contribution in [0.2, 0.25) is 5.02 Å². The zero-order valence-electron chi connectivity index (χ0n) is 13.0. The summed E-state index contributed by atoms with van der Waals surface area (Å²) in [6.45, 7) is 3.76. The van der Waals surface area contributed by atoms with Gasteiger partial charge in [0.2, 0.25) is 5.91 Å². The average Bonchev–Trinajstić information content (AvgIpc) is 2.80. The van der Waals surface area contributed by atoms with E-state index in [0.717, 1.165) is 10.4 Å². The lowest BCUT2D eigenvalue weighted by molar-refractivity contribution is -0.114. The predicted molar refractivity (Wildman–Crippen MR) is 93.7 cm³/mol. The lowest BCUT2D eigenvalue weighted by Gasteiger charge is -2.09. The van der Waals surface area contributed by atoms with E-state index in [-0.39, 0.29) is 12.5 Å². The predicted octanol–water partition coefficient (Wildman–Crippen LogP) is 3.86. The second kappa shape index (κ2) is 7.48. The summed E-state index contributed by atoms with van der Waals surface area (Å²) in [5, 5.41) is 6.75. The molecule has 0 saturated carbocycles. The quantitative estimate of drug-likeness (QED) is 0.802. The van der Waals surface area contributed by atoms with Crippen molar-refractivity contribution < 1.29 is 14.3 Å². The molecule has 1 heterocycles.